The van der Waals surface area contributed by atoms with Gasteiger partial charge in [-0.2, -0.15) is 5.10 Å². The third-order valence-electron chi connectivity index (χ3n) is 5.71. The predicted molar refractivity (Wildman–Crippen MR) is 141 cm³/mol. The van der Waals surface area contributed by atoms with Crippen molar-refractivity contribution in [2.24, 2.45) is 7.05 Å². The molecular weight excluding hydrogens is 518 g/mol. The van der Waals surface area contributed by atoms with Gasteiger partial charge in [-0.05, 0) is 42.1 Å². The second-order valence-corrected chi connectivity index (χ2v) is 11.5. The van der Waals surface area contributed by atoms with Gasteiger partial charge in [0.25, 0.3) is 0 Å². The Morgan fingerprint density at radius 3 is 2.78 bits per heavy atom. The van der Waals surface area contributed by atoms with E-state index in [1.165, 1.54) is 6.20 Å². The maximum absolute atomic E-state index is 12.6. The average molecular weight is 540 g/mol. The van der Waals surface area contributed by atoms with Gasteiger partial charge in [0, 0.05) is 54.4 Å². The number of hydrogen-bond donors (Lipinski definition) is 1. The lowest BCUT2D eigenvalue weighted by Crippen LogP contribution is -2.23. The minimum absolute atomic E-state index is 0.0318. The van der Waals surface area contributed by atoms with Crippen molar-refractivity contribution in [1.82, 2.24) is 24.5 Å². The molecule has 0 fully saturated rings. The molecule has 184 valence electrons. The van der Waals surface area contributed by atoms with E-state index in [1.807, 2.05) is 49.0 Å². The number of rotatable bonds is 8. The van der Waals surface area contributed by atoms with Crippen molar-refractivity contribution in [2.75, 3.05) is 0 Å². The third kappa shape index (κ3) is 4.85. The fraction of sp³-hybridized carbons (Fsp3) is 0.160. The number of nitrogens with one attached hydrogen (secondary N) is 1. The van der Waals surface area contributed by atoms with Crippen molar-refractivity contribution in [3.8, 4) is 17.0 Å². The Morgan fingerprint density at radius 2 is 2.03 bits per heavy atom. The van der Waals surface area contributed by atoms with Crippen LogP contribution >= 0.6 is 22.9 Å². The van der Waals surface area contributed by atoms with E-state index in [0.29, 0.717) is 21.9 Å². The van der Waals surface area contributed by atoms with E-state index in [4.69, 9.17) is 21.3 Å². The molecule has 0 saturated carbocycles. The first-order chi connectivity index (χ1) is 17.3. The quantitative estimate of drug-likeness (QED) is 0.294. The van der Waals surface area contributed by atoms with E-state index in [-0.39, 0.29) is 17.4 Å². The Hall–Kier alpha value is -3.31. The fourth-order valence-electron chi connectivity index (χ4n) is 3.94. The zero-order valence-corrected chi connectivity index (χ0v) is 21.9. The Kier molecular flexibility index (Phi) is 6.76. The highest BCUT2D eigenvalue weighted by molar-refractivity contribution is 7.91. The highest BCUT2D eigenvalue weighted by Crippen LogP contribution is 2.33. The molecule has 0 aliphatic carbocycles. The molecule has 0 saturated heterocycles. The zero-order chi connectivity index (χ0) is 25.3. The minimum Gasteiger partial charge on any atom is -0.487 e. The molecule has 0 spiro atoms. The largest absolute Gasteiger partial charge is 0.487 e. The molecule has 36 heavy (non-hydrogen) atoms. The first-order valence-electron chi connectivity index (χ1n) is 11.0. The molecule has 5 rings (SSSR count). The lowest BCUT2D eigenvalue weighted by molar-refractivity contribution is 0.308. The topological polar surface area (TPSA) is 99.0 Å². The van der Waals surface area contributed by atoms with Crippen molar-refractivity contribution < 1.29 is 13.2 Å². The number of ether oxygens (including phenoxy) is 1. The lowest BCUT2D eigenvalue weighted by atomic mass is 10.0. The van der Waals surface area contributed by atoms with Gasteiger partial charge in [0.2, 0.25) is 10.0 Å². The number of fused-ring (bicyclic) bond motifs is 1. The van der Waals surface area contributed by atoms with Crippen LogP contribution in [0.25, 0.3) is 22.2 Å². The summed E-state index contributed by atoms with van der Waals surface area (Å²) in [6.45, 7) is 2.09. The summed E-state index contributed by atoms with van der Waals surface area (Å²) in [5.74, 6) is 0.595. The second-order valence-electron chi connectivity index (χ2n) is 8.11. The van der Waals surface area contributed by atoms with Crippen molar-refractivity contribution >= 4 is 43.9 Å². The van der Waals surface area contributed by atoms with Gasteiger partial charge in [0.05, 0.1) is 10.7 Å². The summed E-state index contributed by atoms with van der Waals surface area (Å²) in [6.07, 6.45) is 4.87. The first kappa shape index (κ1) is 24.4. The summed E-state index contributed by atoms with van der Waals surface area (Å²) in [7, 11) is -1.74. The number of aryl methyl sites for hydroxylation is 2. The van der Waals surface area contributed by atoms with E-state index >= 15 is 0 Å². The van der Waals surface area contributed by atoms with Crippen LogP contribution in [0, 0.1) is 6.92 Å². The molecule has 11 heteroatoms. The second kappa shape index (κ2) is 9.98. The molecule has 0 bridgehead atoms. The summed E-state index contributed by atoms with van der Waals surface area (Å²) in [4.78, 5) is 8.87. The van der Waals surface area contributed by atoms with Crippen LogP contribution in [0.1, 0.15) is 16.8 Å². The summed E-state index contributed by atoms with van der Waals surface area (Å²) in [5, 5.41) is 7.34. The fourth-order valence-corrected chi connectivity index (χ4v) is 6.22. The average Bonchev–Trinajstić information content (AvgIpc) is 3.54. The predicted octanol–water partition coefficient (Wildman–Crippen LogP) is 5.11. The van der Waals surface area contributed by atoms with Crippen LogP contribution in [0.3, 0.4) is 0 Å². The summed E-state index contributed by atoms with van der Waals surface area (Å²) < 4.78 is 36.0. The molecule has 0 radical (unpaired) electrons. The normalized spacial score (nSPS) is 11.8. The number of aromatic nitrogens is 4. The molecule has 0 amide bonds. The van der Waals surface area contributed by atoms with Crippen LogP contribution < -0.4 is 9.46 Å². The number of hydrogen-bond acceptors (Lipinski definition) is 7. The SMILES string of the molecule is Cc1cc(-c2ccnn2C)c2cccc(OCc3c(Cl)cncc3CNS(=O)(=O)c3cccs3)c2n1. The molecule has 1 N–H and O–H groups in total. The minimum atomic E-state index is -3.64. The van der Waals surface area contributed by atoms with Crippen LogP contribution in [0.15, 0.2) is 70.6 Å². The smallest absolute Gasteiger partial charge is 0.250 e. The molecule has 8 nitrogen and oxygen atoms in total. The van der Waals surface area contributed by atoms with Crippen LogP contribution in [0.2, 0.25) is 5.02 Å². The van der Waals surface area contributed by atoms with Crippen molar-refractivity contribution in [3.63, 3.8) is 0 Å². The number of thiophene rings is 1. The summed E-state index contributed by atoms with van der Waals surface area (Å²) in [5.41, 5.74) is 4.83. The Balaban J connectivity index is 1.44. The molecule has 4 heterocycles. The van der Waals surface area contributed by atoms with Gasteiger partial charge in [0.1, 0.15) is 22.1 Å². The molecular formula is C25H22ClN5O3S2. The number of halogens is 1. The number of benzene rings is 1. The molecule has 5 aromatic rings. The maximum Gasteiger partial charge on any atom is 0.250 e. The number of nitrogens with zero attached hydrogens (tertiary/aromatic N) is 4. The monoisotopic (exact) mass is 539 g/mol. The summed E-state index contributed by atoms with van der Waals surface area (Å²) >= 11 is 7.61. The Labute approximate surface area is 217 Å². The van der Waals surface area contributed by atoms with E-state index in [0.717, 1.165) is 39.2 Å². The summed E-state index contributed by atoms with van der Waals surface area (Å²) in [6, 6.07) is 13.0. The maximum atomic E-state index is 12.6. The first-order valence-corrected chi connectivity index (χ1v) is 13.7. The van der Waals surface area contributed by atoms with Crippen molar-refractivity contribution in [2.45, 2.75) is 24.3 Å². The highest BCUT2D eigenvalue weighted by atomic mass is 35.5. The van der Waals surface area contributed by atoms with Crippen LogP contribution in [-0.4, -0.2) is 28.2 Å². The van der Waals surface area contributed by atoms with Gasteiger partial charge in [-0.3, -0.25) is 9.67 Å². The lowest BCUT2D eigenvalue weighted by Gasteiger charge is -2.15. The van der Waals surface area contributed by atoms with Gasteiger partial charge < -0.3 is 4.74 Å². The Bertz CT molecular complexity index is 1650. The number of sulfonamides is 1. The molecule has 0 aliphatic heterocycles. The zero-order valence-electron chi connectivity index (χ0n) is 19.5. The van der Waals surface area contributed by atoms with E-state index in [1.54, 1.807) is 29.9 Å². The standard InChI is InChI=1S/C25H22ClN5O3S2/c1-16-11-19(22-8-9-28-31(22)2)18-5-3-6-23(25(18)30-16)34-15-20-17(12-27-14-21(20)26)13-29-36(32,33)24-7-4-10-35-24/h3-12,14,29H,13,15H2,1-2H3. The number of pyridine rings is 2. The van der Waals surface area contributed by atoms with Gasteiger partial charge in [0.15, 0.2) is 0 Å². The molecule has 4 aromatic heterocycles. The molecule has 0 aliphatic rings. The van der Waals surface area contributed by atoms with Crippen LogP contribution in [0.4, 0.5) is 0 Å². The molecule has 0 unspecified atom stereocenters. The van der Waals surface area contributed by atoms with E-state index < -0.39 is 10.0 Å². The molecule has 0 atom stereocenters. The van der Waals surface area contributed by atoms with Crippen molar-refractivity contribution in [1.29, 1.82) is 0 Å². The molecule has 1 aromatic carbocycles. The van der Waals surface area contributed by atoms with E-state index in [9.17, 15) is 8.42 Å². The Morgan fingerprint density at radius 1 is 1.17 bits per heavy atom. The van der Waals surface area contributed by atoms with E-state index in [2.05, 4.69) is 14.8 Å². The highest BCUT2D eigenvalue weighted by Gasteiger charge is 2.18. The van der Waals surface area contributed by atoms with Crippen LogP contribution in [-0.2, 0) is 30.2 Å². The van der Waals surface area contributed by atoms with Gasteiger partial charge in [-0.1, -0.05) is 29.8 Å². The van der Waals surface area contributed by atoms with Crippen molar-refractivity contribution in [3.05, 3.63) is 88.3 Å². The number of para-hydroxylation sites is 1. The van der Waals surface area contributed by atoms with Gasteiger partial charge >= 0.3 is 0 Å². The van der Waals surface area contributed by atoms with Crippen LogP contribution in [0.5, 0.6) is 5.75 Å². The van der Waals surface area contributed by atoms with Gasteiger partial charge in [-0.15, -0.1) is 11.3 Å². The third-order valence-corrected chi connectivity index (χ3v) is 8.83. The van der Waals surface area contributed by atoms with Gasteiger partial charge in [-0.25, -0.2) is 18.1 Å².